The molecule has 0 atom stereocenters. The Bertz CT molecular complexity index is 1020. The molecule has 2 aromatic heterocycles. The van der Waals surface area contributed by atoms with Crippen LogP contribution in [0.1, 0.15) is 33.4 Å². The first-order valence-electron chi connectivity index (χ1n) is 10.2. The molecule has 2 heterocycles. The quantitative estimate of drug-likeness (QED) is 0.427. The Labute approximate surface area is 192 Å². The highest BCUT2D eigenvalue weighted by atomic mass is 32.2. The zero-order valence-electron chi connectivity index (χ0n) is 18.7. The van der Waals surface area contributed by atoms with Crippen LogP contribution >= 0.6 is 23.1 Å². The van der Waals surface area contributed by atoms with Crippen LogP contribution in [-0.2, 0) is 4.79 Å². The maximum atomic E-state index is 12.6. The first-order valence-corrected chi connectivity index (χ1v) is 12.0. The van der Waals surface area contributed by atoms with Crippen molar-refractivity contribution in [2.24, 2.45) is 0 Å². The van der Waals surface area contributed by atoms with E-state index in [0.29, 0.717) is 5.75 Å². The van der Waals surface area contributed by atoms with Gasteiger partial charge in [-0.3, -0.25) is 4.79 Å². The van der Waals surface area contributed by atoms with Crippen LogP contribution < -0.4 is 4.74 Å². The Kier molecular flexibility index (Phi) is 7.67. The van der Waals surface area contributed by atoms with Crippen LogP contribution in [0.3, 0.4) is 0 Å². The molecule has 0 radical (unpaired) electrons. The van der Waals surface area contributed by atoms with E-state index in [9.17, 15) is 4.79 Å². The fraction of sp³-hybridized carbons (Fsp3) is 0.391. The van der Waals surface area contributed by atoms with Gasteiger partial charge in [-0.25, -0.2) is 4.98 Å². The van der Waals surface area contributed by atoms with E-state index in [1.165, 1.54) is 11.8 Å². The van der Waals surface area contributed by atoms with Gasteiger partial charge in [0.2, 0.25) is 5.91 Å². The first kappa shape index (κ1) is 23.2. The molecule has 0 fully saturated rings. The number of amides is 1. The minimum absolute atomic E-state index is 0.112. The number of aryl methyl sites for hydroxylation is 1. The van der Waals surface area contributed by atoms with Gasteiger partial charge >= 0.3 is 0 Å². The minimum atomic E-state index is 0.112. The van der Waals surface area contributed by atoms with Crippen LogP contribution in [0, 0.1) is 6.92 Å². The second kappa shape index (κ2) is 10.2. The summed E-state index contributed by atoms with van der Waals surface area (Å²) < 4.78 is 5.47. The maximum Gasteiger partial charge on any atom is 0.233 e. The lowest BCUT2D eigenvalue weighted by Crippen LogP contribution is -2.43. The third-order valence-corrected chi connectivity index (χ3v) is 6.87. The number of thiazole rings is 1. The van der Waals surface area contributed by atoms with E-state index in [-0.39, 0.29) is 18.0 Å². The third-order valence-electron chi connectivity index (χ3n) is 4.75. The van der Waals surface area contributed by atoms with Gasteiger partial charge in [0, 0.05) is 12.1 Å². The van der Waals surface area contributed by atoms with E-state index in [1.54, 1.807) is 18.4 Å². The molecule has 1 amide bonds. The molecule has 0 saturated carbocycles. The lowest BCUT2D eigenvalue weighted by atomic mass is 10.2. The van der Waals surface area contributed by atoms with Crippen molar-refractivity contribution in [3.63, 3.8) is 0 Å². The van der Waals surface area contributed by atoms with Crippen molar-refractivity contribution < 1.29 is 9.53 Å². The molecule has 8 heteroatoms. The molecule has 3 rings (SSSR count). The van der Waals surface area contributed by atoms with E-state index in [4.69, 9.17) is 9.72 Å². The molecule has 0 N–H and O–H groups in total. The Morgan fingerprint density at radius 2 is 1.81 bits per heavy atom. The molecule has 0 aliphatic heterocycles. The van der Waals surface area contributed by atoms with Crippen molar-refractivity contribution in [2.75, 3.05) is 12.9 Å². The first-order chi connectivity index (χ1) is 14.8. The molecular formula is C23H28N4O2S2. The van der Waals surface area contributed by atoms with Crippen LogP contribution in [0.25, 0.3) is 21.1 Å². The number of benzene rings is 1. The number of methoxy groups -OCH3 is 1. The van der Waals surface area contributed by atoms with Crippen molar-refractivity contribution in [1.82, 2.24) is 20.1 Å². The number of rotatable bonds is 8. The number of thioether (sulfide) groups is 1. The molecule has 6 nitrogen and oxygen atoms in total. The van der Waals surface area contributed by atoms with Crippen LogP contribution in [-0.4, -0.2) is 50.9 Å². The SMILES string of the molecule is COc1ccccc1-c1nc(C)c(-c2ccc(SCC(=O)N(C(C)C)C(C)C)nn2)s1. The summed E-state index contributed by atoms with van der Waals surface area (Å²) in [5.41, 5.74) is 2.64. The van der Waals surface area contributed by atoms with Gasteiger partial charge < -0.3 is 9.64 Å². The molecule has 0 spiro atoms. The summed E-state index contributed by atoms with van der Waals surface area (Å²) in [6.45, 7) is 10.1. The second-order valence-electron chi connectivity index (χ2n) is 7.67. The summed E-state index contributed by atoms with van der Waals surface area (Å²) in [7, 11) is 1.66. The number of carbonyl (C=O) groups excluding carboxylic acids is 1. The summed E-state index contributed by atoms with van der Waals surface area (Å²) in [6.07, 6.45) is 0. The predicted molar refractivity (Wildman–Crippen MR) is 128 cm³/mol. The monoisotopic (exact) mass is 456 g/mol. The Balaban J connectivity index is 1.74. The van der Waals surface area contributed by atoms with Gasteiger partial charge in [0.05, 0.1) is 29.0 Å². The number of carbonyl (C=O) groups is 1. The van der Waals surface area contributed by atoms with E-state index < -0.39 is 0 Å². The summed E-state index contributed by atoms with van der Waals surface area (Å²) in [5, 5.41) is 10.3. The average molecular weight is 457 g/mol. The fourth-order valence-corrected chi connectivity index (χ4v) is 5.22. The number of ether oxygens (including phenoxy) is 1. The molecule has 31 heavy (non-hydrogen) atoms. The minimum Gasteiger partial charge on any atom is -0.496 e. The van der Waals surface area contributed by atoms with Crippen LogP contribution in [0.4, 0.5) is 0 Å². The Morgan fingerprint density at radius 1 is 1.10 bits per heavy atom. The van der Waals surface area contributed by atoms with E-state index >= 15 is 0 Å². The Hall–Kier alpha value is -2.45. The average Bonchev–Trinajstić information content (AvgIpc) is 3.13. The van der Waals surface area contributed by atoms with Crippen molar-refractivity contribution in [1.29, 1.82) is 0 Å². The van der Waals surface area contributed by atoms with E-state index in [2.05, 4.69) is 10.2 Å². The lowest BCUT2D eigenvalue weighted by Gasteiger charge is -2.30. The molecule has 164 valence electrons. The molecule has 0 aliphatic carbocycles. The van der Waals surface area contributed by atoms with Gasteiger partial charge in [0.1, 0.15) is 21.5 Å². The number of aromatic nitrogens is 3. The highest BCUT2D eigenvalue weighted by molar-refractivity contribution is 7.99. The molecule has 1 aromatic carbocycles. The van der Waals surface area contributed by atoms with E-state index in [1.807, 2.05) is 75.9 Å². The summed E-state index contributed by atoms with van der Waals surface area (Å²) in [4.78, 5) is 20.2. The van der Waals surface area contributed by atoms with Crippen molar-refractivity contribution in [3.8, 4) is 26.9 Å². The molecule has 0 bridgehead atoms. The van der Waals surface area contributed by atoms with Crippen LogP contribution in [0.2, 0.25) is 0 Å². The fourth-order valence-electron chi connectivity index (χ4n) is 3.47. The summed E-state index contributed by atoms with van der Waals surface area (Å²) in [5.74, 6) is 1.25. The summed E-state index contributed by atoms with van der Waals surface area (Å²) >= 11 is 2.98. The molecule has 3 aromatic rings. The zero-order chi connectivity index (χ0) is 22.5. The molecule has 0 saturated heterocycles. The highest BCUT2D eigenvalue weighted by Gasteiger charge is 2.20. The normalized spacial score (nSPS) is 11.2. The van der Waals surface area contributed by atoms with Gasteiger partial charge in [-0.1, -0.05) is 23.9 Å². The van der Waals surface area contributed by atoms with Crippen LogP contribution in [0.5, 0.6) is 5.75 Å². The highest BCUT2D eigenvalue weighted by Crippen LogP contribution is 2.38. The van der Waals surface area contributed by atoms with Gasteiger partial charge in [-0.2, -0.15) is 0 Å². The van der Waals surface area contributed by atoms with Crippen molar-refractivity contribution in [3.05, 3.63) is 42.1 Å². The molecular weight excluding hydrogens is 428 g/mol. The standard InChI is InChI=1S/C23H28N4O2S2/c1-14(2)27(15(3)4)21(28)13-30-20-12-11-18(25-26-20)22-16(5)24-23(31-22)17-9-7-8-10-19(17)29-6/h7-12,14-15H,13H2,1-6H3. The number of hydrogen-bond acceptors (Lipinski definition) is 7. The molecule has 0 aliphatic rings. The summed E-state index contributed by atoms with van der Waals surface area (Å²) in [6, 6.07) is 12.0. The lowest BCUT2D eigenvalue weighted by molar-refractivity contribution is -0.131. The smallest absolute Gasteiger partial charge is 0.233 e. The Morgan fingerprint density at radius 3 is 2.42 bits per heavy atom. The van der Waals surface area contributed by atoms with Gasteiger partial charge in [-0.05, 0) is 58.9 Å². The topological polar surface area (TPSA) is 68.2 Å². The van der Waals surface area contributed by atoms with Gasteiger partial charge in [-0.15, -0.1) is 21.5 Å². The predicted octanol–water partition coefficient (Wildman–Crippen LogP) is 5.32. The second-order valence-corrected chi connectivity index (χ2v) is 9.66. The number of nitrogens with zero attached hydrogens (tertiary/aromatic N) is 4. The molecule has 0 unspecified atom stereocenters. The van der Waals surface area contributed by atoms with Gasteiger partial charge in [0.25, 0.3) is 0 Å². The van der Waals surface area contributed by atoms with Crippen molar-refractivity contribution in [2.45, 2.75) is 51.7 Å². The zero-order valence-corrected chi connectivity index (χ0v) is 20.4. The van der Waals surface area contributed by atoms with Crippen molar-refractivity contribution >= 4 is 29.0 Å². The third kappa shape index (κ3) is 5.43. The van der Waals surface area contributed by atoms with Crippen LogP contribution in [0.15, 0.2) is 41.4 Å². The maximum absolute atomic E-state index is 12.6. The van der Waals surface area contributed by atoms with Gasteiger partial charge in [0.15, 0.2) is 0 Å². The largest absolute Gasteiger partial charge is 0.496 e. The number of hydrogen-bond donors (Lipinski definition) is 0. The van der Waals surface area contributed by atoms with E-state index in [0.717, 1.165) is 37.6 Å². The number of para-hydroxylation sites is 1.